The van der Waals surface area contributed by atoms with E-state index < -0.39 is 0 Å². The Bertz CT molecular complexity index is 381. The Kier molecular flexibility index (Phi) is 3.98. The number of aromatic nitrogens is 2. The second-order valence-electron chi connectivity index (χ2n) is 4.89. The number of nitrogen functional groups attached to an aromatic ring is 1. The number of anilines is 2. The Morgan fingerprint density at radius 3 is 2.83 bits per heavy atom. The molecule has 6 nitrogen and oxygen atoms in total. The maximum atomic E-state index is 5.52. The van der Waals surface area contributed by atoms with Gasteiger partial charge in [0.25, 0.3) is 0 Å². The Hall–Kier alpha value is -1.40. The maximum absolute atomic E-state index is 5.52. The second kappa shape index (κ2) is 5.49. The molecule has 1 atom stereocenters. The van der Waals surface area contributed by atoms with Gasteiger partial charge >= 0.3 is 0 Å². The van der Waals surface area contributed by atoms with Crippen molar-refractivity contribution in [3.05, 3.63) is 11.9 Å². The molecule has 0 aliphatic carbocycles. The van der Waals surface area contributed by atoms with E-state index in [0.29, 0.717) is 12.4 Å². The molecule has 0 saturated carbocycles. The van der Waals surface area contributed by atoms with Gasteiger partial charge in [-0.2, -0.15) is 0 Å². The third kappa shape index (κ3) is 3.08. The fourth-order valence-corrected chi connectivity index (χ4v) is 2.13. The average molecular weight is 251 g/mol. The lowest BCUT2D eigenvalue weighted by molar-refractivity contribution is 0.0539. The van der Waals surface area contributed by atoms with Crippen LogP contribution in [0.25, 0.3) is 0 Å². The van der Waals surface area contributed by atoms with Crippen LogP contribution in [0.1, 0.15) is 32.5 Å². The number of aryl methyl sites for hydroxylation is 1. The molecule has 1 aliphatic heterocycles. The smallest absolute Gasteiger partial charge is 0.145 e. The van der Waals surface area contributed by atoms with E-state index >= 15 is 0 Å². The van der Waals surface area contributed by atoms with Gasteiger partial charge in [-0.1, -0.05) is 6.92 Å². The first-order valence-corrected chi connectivity index (χ1v) is 6.36. The number of nitrogens with one attached hydrogen (secondary N) is 2. The van der Waals surface area contributed by atoms with E-state index in [1.54, 1.807) is 0 Å². The molecule has 1 aliphatic rings. The molecule has 1 saturated heterocycles. The van der Waals surface area contributed by atoms with Gasteiger partial charge in [0.05, 0.1) is 12.1 Å². The lowest BCUT2D eigenvalue weighted by Crippen LogP contribution is -2.43. The number of rotatable bonds is 4. The number of ether oxygens (including phenoxy) is 1. The summed E-state index contributed by atoms with van der Waals surface area (Å²) in [4.78, 5) is 8.73. The third-order valence-corrected chi connectivity index (χ3v) is 3.10. The predicted molar refractivity (Wildman–Crippen MR) is 71.3 cm³/mol. The van der Waals surface area contributed by atoms with E-state index in [4.69, 9.17) is 10.6 Å². The quantitative estimate of drug-likeness (QED) is 0.552. The SMILES string of the molecule is CCc1nc(NN)cc(NC2(C)CCCOC2)n1. The summed E-state index contributed by atoms with van der Waals surface area (Å²) in [6, 6.07) is 1.82. The third-order valence-electron chi connectivity index (χ3n) is 3.10. The summed E-state index contributed by atoms with van der Waals surface area (Å²) in [5, 5.41) is 3.44. The number of hydrazine groups is 1. The van der Waals surface area contributed by atoms with Gasteiger partial charge in [-0.05, 0) is 19.8 Å². The largest absolute Gasteiger partial charge is 0.379 e. The van der Waals surface area contributed by atoms with Gasteiger partial charge in [0.2, 0.25) is 0 Å². The minimum absolute atomic E-state index is 0.0660. The maximum Gasteiger partial charge on any atom is 0.145 e. The molecule has 1 fully saturated rings. The molecule has 18 heavy (non-hydrogen) atoms. The molecule has 1 aromatic rings. The van der Waals surface area contributed by atoms with Crippen LogP contribution in [0.5, 0.6) is 0 Å². The molecular formula is C12H21N5O. The molecule has 2 rings (SSSR count). The molecule has 100 valence electrons. The van der Waals surface area contributed by atoms with Crippen molar-refractivity contribution in [1.82, 2.24) is 9.97 Å². The van der Waals surface area contributed by atoms with Crippen LogP contribution in [-0.2, 0) is 11.2 Å². The normalized spacial score (nSPS) is 23.7. The first kappa shape index (κ1) is 13.0. The van der Waals surface area contributed by atoms with Crippen LogP contribution in [0.2, 0.25) is 0 Å². The molecule has 0 amide bonds. The summed E-state index contributed by atoms with van der Waals surface area (Å²) in [5.74, 6) is 7.61. The fraction of sp³-hybridized carbons (Fsp3) is 0.667. The monoisotopic (exact) mass is 251 g/mol. The summed E-state index contributed by atoms with van der Waals surface area (Å²) in [5.41, 5.74) is 2.50. The molecule has 2 heterocycles. The molecule has 1 aromatic heterocycles. The molecule has 0 aromatic carbocycles. The summed E-state index contributed by atoms with van der Waals surface area (Å²) in [7, 11) is 0. The summed E-state index contributed by atoms with van der Waals surface area (Å²) in [6.45, 7) is 5.71. The number of nitrogens with zero attached hydrogens (tertiary/aromatic N) is 2. The van der Waals surface area contributed by atoms with Crippen molar-refractivity contribution < 1.29 is 4.74 Å². The van der Waals surface area contributed by atoms with Crippen LogP contribution < -0.4 is 16.6 Å². The van der Waals surface area contributed by atoms with Crippen LogP contribution in [0.3, 0.4) is 0 Å². The minimum Gasteiger partial charge on any atom is -0.379 e. The molecule has 0 bridgehead atoms. The zero-order valence-corrected chi connectivity index (χ0v) is 11.0. The highest BCUT2D eigenvalue weighted by molar-refractivity contribution is 5.48. The van der Waals surface area contributed by atoms with Crippen molar-refractivity contribution >= 4 is 11.6 Å². The van der Waals surface area contributed by atoms with Gasteiger partial charge in [-0.3, -0.25) is 0 Å². The van der Waals surface area contributed by atoms with E-state index in [1.807, 2.05) is 13.0 Å². The van der Waals surface area contributed by atoms with Gasteiger partial charge < -0.3 is 15.5 Å². The molecule has 6 heteroatoms. The highest BCUT2D eigenvalue weighted by atomic mass is 16.5. The zero-order valence-electron chi connectivity index (χ0n) is 11.0. The van der Waals surface area contributed by atoms with E-state index in [-0.39, 0.29) is 5.54 Å². The van der Waals surface area contributed by atoms with Crippen molar-refractivity contribution in [1.29, 1.82) is 0 Å². The highest BCUT2D eigenvalue weighted by Gasteiger charge is 2.27. The molecule has 4 N–H and O–H groups in total. The van der Waals surface area contributed by atoms with E-state index in [0.717, 1.165) is 37.5 Å². The molecule has 0 spiro atoms. The molecular weight excluding hydrogens is 230 g/mol. The van der Waals surface area contributed by atoms with Gasteiger partial charge in [-0.25, -0.2) is 15.8 Å². The molecule has 1 unspecified atom stereocenters. The number of hydrogen-bond donors (Lipinski definition) is 3. The Morgan fingerprint density at radius 2 is 2.22 bits per heavy atom. The minimum atomic E-state index is -0.0660. The second-order valence-corrected chi connectivity index (χ2v) is 4.89. The van der Waals surface area contributed by atoms with Crippen LogP contribution >= 0.6 is 0 Å². The lowest BCUT2D eigenvalue weighted by atomic mass is 9.95. The van der Waals surface area contributed by atoms with Crippen molar-refractivity contribution in [3.8, 4) is 0 Å². The fourth-order valence-electron chi connectivity index (χ4n) is 2.13. The van der Waals surface area contributed by atoms with Crippen LogP contribution in [0, 0.1) is 0 Å². The average Bonchev–Trinajstić information content (AvgIpc) is 2.38. The lowest BCUT2D eigenvalue weighted by Gasteiger charge is -2.34. The van der Waals surface area contributed by atoms with E-state index in [2.05, 4.69) is 27.6 Å². The van der Waals surface area contributed by atoms with Crippen LogP contribution in [-0.4, -0.2) is 28.7 Å². The topological polar surface area (TPSA) is 85.1 Å². The Balaban J connectivity index is 2.16. The first-order chi connectivity index (χ1) is 8.65. The predicted octanol–water partition coefficient (Wildman–Crippen LogP) is 1.31. The summed E-state index contributed by atoms with van der Waals surface area (Å²) in [6.07, 6.45) is 2.92. The van der Waals surface area contributed by atoms with Gasteiger partial charge in [0.1, 0.15) is 17.5 Å². The summed E-state index contributed by atoms with van der Waals surface area (Å²) < 4.78 is 5.52. The number of nitrogens with two attached hydrogens (primary N) is 1. The van der Waals surface area contributed by atoms with Crippen molar-refractivity contribution in [3.63, 3.8) is 0 Å². The van der Waals surface area contributed by atoms with E-state index in [9.17, 15) is 0 Å². The van der Waals surface area contributed by atoms with Crippen molar-refractivity contribution in [2.45, 2.75) is 38.6 Å². The Morgan fingerprint density at radius 1 is 1.44 bits per heavy atom. The van der Waals surface area contributed by atoms with Crippen LogP contribution in [0.4, 0.5) is 11.6 Å². The van der Waals surface area contributed by atoms with Crippen molar-refractivity contribution in [2.24, 2.45) is 5.84 Å². The Labute approximate surface area is 107 Å². The highest BCUT2D eigenvalue weighted by Crippen LogP contribution is 2.24. The standard InChI is InChI=1S/C12H21N5O/c1-3-9-14-10(7-11(15-9)17-13)16-12(2)5-4-6-18-8-12/h7H,3-6,8,13H2,1-2H3,(H2,14,15,16,17). The van der Waals surface area contributed by atoms with Crippen LogP contribution in [0.15, 0.2) is 6.07 Å². The van der Waals surface area contributed by atoms with Gasteiger partial charge in [0, 0.05) is 19.1 Å². The number of hydrogen-bond acceptors (Lipinski definition) is 6. The zero-order chi connectivity index (χ0) is 13.0. The first-order valence-electron chi connectivity index (χ1n) is 6.36. The van der Waals surface area contributed by atoms with Crippen molar-refractivity contribution in [2.75, 3.05) is 24.0 Å². The van der Waals surface area contributed by atoms with Gasteiger partial charge in [-0.15, -0.1) is 0 Å². The molecule has 0 radical (unpaired) electrons. The summed E-state index contributed by atoms with van der Waals surface area (Å²) >= 11 is 0. The van der Waals surface area contributed by atoms with E-state index in [1.165, 1.54) is 0 Å². The van der Waals surface area contributed by atoms with Gasteiger partial charge in [0.15, 0.2) is 0 Å².